The van der Waals surface area contributed by atoms with Crippen LogP contribution in [0.2, 0.25) is 32.7 Å². The van der Waals surface area contributed by atoms with Crippen molar-refractivity contribution in [1.29, 1.82) is 0 Å². The van der Waals surface area contributed by atoms with E-state index in [1.807, 2.05) is 0 Å². The third-order valence-corrected chi connectivity index (χ3v) is 18.2. The molecule has 0 saturated carbocycles. The van der Waals surface area contributed by atoms with Gasteiger partial charge in [-0.15, -0.1) is 0 Å². The summed E-state index contributed by atoms with van der Waals surface area (Å²) >= 11 is 0. The van der Waals surface area contributed by atoms with Gasteiger partial charge in [-0.3, -0.25) is 0 Å². The van der Waals surface area contributed by atoms with Gasteiger partial charge in [0.1, 0.15) is 0 Å². The van der Waals surface area contributed by atoms with Crippen LogP contribution in [0.25, 0.3) is 0 Å². The summed E-state index contributed by atoms with van der Waals surface area (Å²) < 4.78 is 5.79. The summed E-state index contributed by atoms with van der Waals surface area (Å²) in [7, 11) is -2.26. The minimum atomic E-state index is -1.27. The predicted molar refractivity (Wildman–Crippen MR) is 52.5 cm³/mol. The maximum absolute atomic E-state index is 5.79. The van der Waals surface area contributed by atoms with Crippen molar-refractivity contribution in [2.75, 3.05) is 6.61 Å². The van der Waals surface area contributed by atoms with Gasteiger partial charge in [0.2, 0.25) is 0 Å². The zero-order valence-corrected chi connectivity index (χ0v) is 10.1. The first-order valence-corrected chi connectivity index (χ1v) is 11.4. The van der Waals surface area contributed by atoms with E-state index < -0.39 is 15.4 Å². The SMILES string of the molecule is CCO[Si](C)(C)[Si](C)(C)C. The Hall–Kier alpha value is 0.394. The molecule has 0 rings (SSSR count). The molecule has 1 nitrogen and oxygen atoms in total. The Morgan fingerprint density at radius 2 is 1.40 bits per heavy atom. The second-order valence-electron chi connectivity index (χ2n) is 4.19. The highest BCUT2D eigenvalue weighted by atomic mass is 29.3. The number of rotatable bonds is 3. The zero-order chi connectivity index (χ0) is 8.41. The maximum atomic E-state index is 5.79. The van der Waals surface area contributed by atoms with E-state index in [2.05, 4.69) is 39.7 Å². The Bertz CT molecular complexity index is 105. The molecule has 0 aliphatic rings. The highest BCUT2D eigenvalue weighted by molar-refractivity contribution is 7.37. The van der Waals surface area contributed by atoms with Crippen LogP contribution in [0, 0.1) is 0 Å². The van der Waals surface area contributed by atoms with Gasteiger partial charge in [-0.2, -0.15) is 0 Å². The molecule has 62 valence electrons. The van der Waals surface area contributed by atoms with Gasteiger partial charge in [-0.05, 0) is 20.0 Å². The summed E-state index contributed by atoms with van der Waals surface area (Å²) in [5, 5.41) is 0. The van der Waals surface area contributed by atoms with Crippen molar-refractivity contribution in [2.24, 2.45) is 0 Å². The van der Waals surface area contributed by atoms with Crippen LogP contribution in [-0.2, 0) is 4.43 Å². The Balaban J connectivity index is 4.10. The van der Waals surface area contributed by atoms with Crippen LogP contribution in [0.15, 0.2) is 0 Å². The first-order valence-electron chi connectivity index (χ1n) is 3.95. The second kappa shape index (κ2) is 3.19. The van der Waals surface area contributed by atoms with Crippen molar-refractivity contribution in [1.82, 2.24) is 0 Å². The molecule has 0 fully saturated rings. The molecule has 0 unspecified atom stereocenters. The highest BCUT2D eigenvalue weighted by Gasteiger charge is 2.38. The van der Waals surface area contributed by atoms with Gasteiger partial charge in [0.05, 0.1) is 7.59 Å². The lowest BCUT2D eigenvalue weighted by Gasteiger charge is -2.34. The van der Waals surface area contributed by atoms with E-state index in [0.29, 0.717) is 0 Å². The summed E-state index contributed by atoms with van der Waals surface area (Å²) in [5.74, 6) is 0. The summed E-state index contributed by atoms with van der Waals surface area (Å²) in [6.07, 6.45) is 0. The van der Waals surface area contributed by atoms with Crippen LogP contribution in [0.3, 0.4) is 0 Å². The lowest BCUT2D eigenvalue weighted by molar-refractivity contribution is 0.341. The average molecular weight is 176 g/mol. The summed E-state index contributed by atoms with van der Waals surface area (Å²) in [4.78, 5) is 0. The molecule has 0 aromatic carbocycles. The Kier molecular flexibility index (Phi) is 3.32. The molecule has 0 radical (unpaired) electrons. The van der Waals surface area contributed by atoms with Gasteiger partial charge >= 0.3 is 0 Å². The van der Waals surface area contributed by atoms with E-state index in [4.69, 9.17) is 4.43 Å². The number of hydrogen-bond donors (Lipinski definition) is 0. The van der Waals surface area contributed by atoms with Crippen molar-refractivity contribution < 1.29 is 4.43 Å². The van der Waals surface area contributed by atoms with Crippen molar-refractivity contribution in [3.8, 4) is 0 Å². The molecule has 0 aromatic rings. The molecule has 0 spiro atoms. The van der Waals surface area contributed by atoms with Crippen molar-refractivity contribution >= 4 is 15.4 Å². The van der Waals surface area contributed by atoms with Gasteiger partial charge in [0, 0.05) is 6.61 Å². The van der Waals surface area contributed by atoms with E-state index in [1.54, 1.807) is 0 Å². The molecule has 0 N–H and O–H groups in total. The normalized spacial score (nSPS) is 13.8. The Morgan fingerprint density at radius 3 is 1.50 bits per heavy atom. The maximum Gasteiger partial charge on any atom is 0.173 e. The zero-order valence-electron chi connectivity index (χ0n) is 8.12. The third-order valence-electron chi connectivity index (χ3n) is 2.31. The largest absolute Gasteiger partial charge is 0.420 e. The molecule has 0 heterocycles. The van der Waals surface area contributed by atoms with Gasteiger partial charge in [0.25, 0.3) is 0 Å². The third kappa shape index (κ3) is 2.56. The van der Waals surface area contributed by atoms with Crippen LogP contribution in [0.4, 0.5) is 0 Å². The highest BCUT2D eigenvalue weighted by Crippen LogP contribution is 2.19. The van der Waals surface area contributed by atoms with Gasteiger partial charge in [-0.1, -0.05) is 19.6 Å². The summed E-state index contributed by atoms with van der Waals surface area (Å²) in [6, 6.07) is 0. The molecule has 3 heteroatoms. The van der Waals surface area contributed by atoms with Crippen LogP contribution >= 0.6 is 0 Å². The minimum absolute atomic E-state index is 0.892. The molecule has 0 aliphatic carbocycles. The van der Waals surface area contributed by atoms with Crippen molar-refractivity contribution in [3.05, 3.63) is 0 Å². The lowest BCUT2D eigenvalue weighted by atomic mass is 10.9. The van der Waals surface area contributed by atoms with Crippen LogP contribution in [-0.4, -0.2) is 22.0 Å². The Labute approximate surface area is 66.7 Å². The van der Waals surface area contributed by atoms with Crippen LogP contribution in [0.1, 0.15) is 6.92 Å². The fourth-order valence-electron chi connectivity index (χ4n) is 0.577. The van der Waals surface area contributed by atoms with Crippen molar-refractivity contribution in [2.45, 2.75) is 39.7 Å². The molecule has 0 aliphatic heterocycles. The first kappa shape index (κ1) is 10.4. The first-order chi connectivity index (χ1) is 4.31. The standard InChI is InChI=1S/C7H20OSi2/c1-7-8-10(5,6)9(2,3)4/h7H2,1-6H3. The summed E-state index contributed by atoms with van der Waals surface area (Å²) in [5.41, 5.74) is 0. The molecule has 0 bridgehead atoms. The fourth-order valence-corrected chi connectivity index (χ4v) is 3.46. The fraction of sp³-hybridized carbons (Fsp3) is 1.00. The molecule has 0 amide bonds. The molecule has 0 saturated heterocycles. The quantitative estimate of drug-likeness (QED) is 0.601. The van der Waals surface area contributed by atoms with E-state index in [1.165, 1.54) is 0 Å². The molecule has 0 atom stereocenters. The van der Waals surface area contributed by atoms with E-state index >= 15 is 0 Å². The second-order valence-corrected chi connectivity index (χ2v) is 20.1. The van der Waals surface area contributed by atoms with E-state index in [0.717, 1.165) is 6.61 Å². The van der Waals surface area contributed by atoms with Gasteiger partial charge in [-0.25, -0.2) is 0 Å². The summed E-state index contributed by atoms with van der Waals surface area (Å²) in [6.45, 7) is 14.8. The van der Waals surface area contributed by atoms with E-state index in [-0.39, 0.29) is 0 Å². The van der Waals surface area contributed by atoms with E-state index in [9.17, 15) is 0 Å². The topological polar surface area (TPSA) is 9.23 Å². The van der Waals surface area contributed by atoms with Gasteiger partial charge < -0.3 is 4.43 Å². The van der Waals surface area contributed by atoms with Crippen LogP contribution in [0.5, 0.6) is 0 Å². The minimum Gasteiger partial charge on any atom is -0.420 e. The smallest absolute Gasteiger partial charge is 0.173 e. The lowest BCUT2D eigenvalue weighted by Crippen LogP contribution is -2.54. The molecular formula is C7H20OSi2. The Morgan fingerprint density at radius 1 is 1.00 bits per heavy atom. The van der Waals surface area contributed by atoms with Crippen molar-refractivity contribution in [3.63, 3.8) is 0 Å². The molecule has 10 heavy (non-hydrogen) atoms. The monoisotopic (exact) mass is 176 g/mol. The van der Waals surface area contributed by atoms with Gasteiger partial charge in [0.15, 0.2) is 7.83 Å². The number of hydrogen-bond acceptors (Lipinski definition) is 1. The average Bonchev–Trinajstić information content (AvgIpc) is 1.61. The molecular weight excluding hydrogens is 156 g/mol. The predicted octanol–water partition coefficient (Wildman–Crippen LogP) is 2.64. The molecule has 0 aromatic heterocycles. The van der Waals surface area contributed by atoms with Crippen LogP contribution < -0.4 is 0 Å².